The monoisotopic (exact) mass is 849 g/mol. The van der Waals surface area contributed by atoms with E-state index in [1.807, 2.05) is 0 Å². The van der Waals surface area contributed by atoms with Gasteiger partial charge in [-0.3, -0.25) is 14.4 Å². The summed E-state index contributed by atoms with van der Waals surface area (Å²) in [5.74, 6) is -0.0107. The highest BCUT2D eigenvalue weighted by Crippen LogP contribution is 2.17. The second kappa shape index (κ2) is 48.4. The first-order chi connectivity index (χ1) is 29.4. The van der Waals surface area contributed by atoms with Crippen molar-refractivity contribution in [1.82, 2.24) is 0 Å². The molecule has 0 aromatic rings. The van der Waals surface area contributed by atoms with E-state index in [1.54, 1.807) is 0 Å². The summed E-state index contributed by atoms with van der Waals surface area (Å²) in [6, 6.07) is 0. The van der Waals surface area contributed by atoms with E-state index in [4.69, 9.17) is 14.2 Å². The molecule has 0 bridgehead atoms. The lowest BCUT2D eigenvalue weighted by molar-refractivity contribution is -0.167. The maximum absolute atomic E-state index is 12.8. The fraction of sp³-hybridized carbons (Fsp3) is 0.944. The highest BCUT2D eigenvalue weighted by molar-refractivity contribution is 5.71. The number of unbranched alkanes of at least 4 members (excludes halogenated alkanes) is 36. The highest BCUT2D eigenvalue weighted by atomic mass is 16.6. The highest BCUT2D eigenvalue weighted by Gasteiger charge is 2.19. The molecule has 0 spiro atoms. The summed E-state index contributed by atoms with van der Waals surface area (Å²) in [4.78, 5) is 37.9. The molecule has 0 rings (SSSR count). The number of carbonyl (C=O) groups excluding carboxylic acids is 3. The molecule has 0 aliphatic carbocycles. The number of hydrogen-bond donors (Lipinski definition) is 0. The van der Waals surface area contributed by atoms with Crippen LogP contribution < -0.4 is 0 Å². The van der Waals surface area contributed by atoms with Crippen LogP contribution in [0, 0.1) is 5.92 Å². The predicted molar refractivity (Wildman–Crippen MR) is 257 cm³/mol. The first kappa shape index (κ1) is 58.4. The van der Waals surface area contributed by atoms with Crippen molar-refractivity contribution in [3.05, 3.63) is 0 Å². The fourth-order valence-corrected chi connectivity index (χ4v) is 8.22. The van der Waals surface area contributed by atoms with Gasteiger partial charge in [-0.1, -0.05) is 265 Å². The van der Waals surface area contributed by atoms with Crippen LogP contribution >= 0.6 is 0 Å². The van der Waals surface area contributed by atoms with Crippen LogP contribution in [-0.4, -0.2) is 37.2 Å². The van der Waals surface area contributed by atoms with E-state index in [0.717, 1.165) is 63.7 Å². The van der Waals surface area contributed by atoms with Crippen LogP contribution in [0.4, 0.5) is 0 Å². The summed E-state index contributed by atoms with van der Waals surface area (Å²) in [6.45, 7) is 9.02. The minimum Gasteiger partial charge on any atom is -0.462 e. The molecule has 0 aromatic heterocycles. The van der Waals surface area contributed by atoms with Crippen LogP contribution in [0.3, 0.4) is 0 Å². The minimum absolute atomic E-state index is 0.0628. The first-order valence-corrected chi connectivity index (χ1v) is 26.9. The molecule has 0 unspecified atom stereocenters. The van der Waals surface area contributed by atoms with Gasteiger partial charge in [-0.15, -0.1) is 0 Å². The average Bonchev–Trinajstić information content (AvgIpc) is 3.23. The van der Waals surface area contributed by atoms with Crippen molar-refractivity contribution in [1.29, 1.82) is 0 Å². The first-order valence-electron chi connectivity index (χ1n) is 26.9. The Kier molecular flexibility index (Phi) is 47.2. The van der Waals surface area contributed by atoms with Crippen molar-refractivity contribution < 1.29 is 28.6 Å². The van der Waals surface area contributed by atoms with Crippen molar-refractivity contribution in [2.24, 2.45) is 5.92 Å². The van der Waals surface area contributed by atoms with Crippen molar-refractivity contribution in [3.8, 4) is 0 Å². The van der Waals surface area contributed by atoms with E-state index < -0.39 is 6.10 Å². The van der Waals surface area contributed by atoms with Crippen molar-refractivity contribution in [3.63, 3.8) is 0 Å². The van der Waals surface area contributed by atoms with Gasteiger partial charge in [0.25, 0.3) is 0 Å². The third kappa shape index (κ3) is 47.5. The molecular weight excluding hydrogens is 745 g/mol. The summed E-state index contributed by atoms with van der Waals surface area (Å²) >= 11 is 0. The minimum atomic E-state index is -0.760. The van der Waals surface area contributed by atoms with Gasteiger partial charge in [-0.25, -0.2) is 0 Å². The second-order valence-electron chi connectivity index (χ2n) is 19.0. The Labute approximate surface area is 374 Å². The zero-order valence-electron chi connectivity index (χ0n) is 40.9. The van der Waals surface area contributed by atoms with Gasteiger partial charge in [0.05, 0.1) is 0 Å². The van der Waals surface area contributed by atoms with Gasteiger partial charge < -0.3 is 14.2 Å². The molecule has 0 heterocycles. The van der Waals surface area contributed by atoms with Gasteiger partial charge >= 0.3 is 17.9 Å². The summed E-state index contributed by atoms with van der Waals surface area (Å²) in [5, 5.41) is 0. The van der Waals surface area contributed by atoms with Crippen LogP contribution in [0.5, 0.6) is 0 Å². The lowest BCUT2D eigenvalue weighted by Crippen LogP contribution is -2.30. The maximum Gasteiger partial charge on any atom is 0.306 e. The standard InChI is InChI=1S/C54H104O6/c1-5-7-9-11-13-15-16-17-18-19-20-21-22-27-31-35-39-43-47-54(57)60-51(48-58-52(55)45-41-37-33-28-14-12-10-8-6-2)49-59-53(56)46-42-38-34-30-26-24-23-25-29-32-36-40-44-50(3)4/h50-51H,5-49H2,1-4H3/t51-/m0/s1. The maximum atomic E-state index is 12.8. The van der Waals surface area contributed by atoms with Gasteiger partial charge in [0.15, 0.2) is 6.10 Å². The Bertz CT molecular complexity index is 903. The molecular formula is C54H104O6. The smallest absolute Gasteiger partial charge is 0.306 e. The Morgan fingerprint density at radius 3 is 0.817 bits per heavy atom. The lowest BCUT2D eigenvalue weighted by Gasteiger charge is -2.18. The lowest BCUT2D eigenvalue weighted by atomic mass is 10.0. The van der Waals surface area contributed by atoms with E-state index in [9.17, 15) is 14.4 Å². The zero-order valence-corrected chi connectivity index (χ0v) is 40.9. The molecule has 1 atom stereocenters. The van der Waals surface area contributed by atoms with Crippen LogP contribution in [0.15, 0.2) is 0 Å². The Morgan fingerprint density at radius 2 is 0.550 bits per heavy atom. The predicted octanol–water partition coefficient (Wildman–Crippen LogP) is 17.5. The second-order valence-corrected chi connectivity index (χ2v) is 19.0. The van der Waals surface area contributed by atoms with Crippen LogP contribution in [0.1, 0.15) is 304 Å². The molecule has 60 heavy (non-hydrogen) atoms. The van der Waals surface area contributed by atoms with E-state index >= 15 is 0 Å². The van der Waals surface area contributed by atoms with E-state index in [1.165, 1.54) is 199 Å². The molecule has 0 N–H and O–H groups in total. The molecule has 0 radical (unpaired) electrons. The molecule has 0 aromatic carbocycles. The number of ether oxygens (including phenoxy) is 3. The number of carbonyl (C=O) groups is 3. The summed E-state index contributed by atoms with van der Waals surface area (Å²) in [5.41, 5.74) is 0. The molecule has 356 valence electrons. The SMILES string of the molecule is CCCCCCCCCCCCCCCCCCCCC(=O)O[C@@H](COC(=O)CCCCCCCCCCC)COC(=O)CCCCCCCCCCCCCCC(C)C. The number of rotatable bonds is 49. The topological polar surface area (TPSA) is 78.9 Å². The normalized spacial score (nSPS) is 11.9. The molecule has 0 aliphatic heterocycles. The summed E-state index contributed by atoms with van der Waals surface area (Å²) in [6.07, 6.45) is 50.9. The van der Waals surface area contributed by atoms with Gasteiger partial charge in [0, 0.05) is 19.3 Å². The molecule has 0 saturated heterocycles. The van der Waals surface area contributed by atoms with Crippen LogP contribution in [0.2, 0.25) is 0 Å². The van der Waals surface area contributed by atoms with Crippen molar-refractivity contribution in [2.45, 2.75) is 310 Å². The quantitative estimate of drug-likeness (QED) is 0.0345. The van der Waals surface area contributed by atoms with Crippen LogP contribution in [-0.2, 0) is 28.6 Å². The molecule has 0 amide bonds. The van der Waals surface area contributed by atoms with Gasteiger partial charge in [-0.2, -0.15) is 0 Å². The summed E-state index contributed by atoms with van der Waals surface area (Å²) < 4.78 is 16.8. The largest absolute Gasteiger partial charge is 0.462 e. The zero-order chi connectivity index (χ0) is 43.8. The van der Waals surface area contributed by atoms with E-state index in [-0.39, 0.29) is 31.1 Å². The third-order valence-corrected chi connectivity index (χ3v) is 12.3. The third-order valence-electron chi connectivity index (χ3n) is 12.3. The molecule has 0 saturated carbocycles. The Morgan fingerprint density at radius 1 is 0.317 bits per heavy atom. The van der Waals surface area contributed by atoms with Gasteiger partial charge in [0.1, 0.15) is 13.2 Å². The van der Waals surface area contributed by atoms with E-state index in [0.29, 0.717) is 19.3 Å². The molecule has 6 heteroatoms. The molecule has 6 nitrogen and oxygen atoms in total. The number of esters is 3. The van der Waals surface area contributed by atoms with E-state index in [2.05, 4.69) is 27.7 Å². The van der Waals surface area contributed by atoms with Gasteiger partial charge in [0.2, 0.25) is 0 Å². The fourth-order valence-electron chi connectivity index (χ4n) is 8.22. The van der Waals surface area contributed by atoms with Crippen molar-refractivity contribution in [2.75, 3.05) is 13.2 Å². The number of hydrogen-bond acceptors (Lipinski definition) is 6. The molecule has 0 aliphatic rings. The Balaban J connectivity index is 4.24. The molecule has 0 fully saturated rings. The van der Waals surface area contributed by atoms with Crippen LogP contribution in [0.25, 0.3) is 0 Å². The van der Waals surface area contributed by atoms with Crippen molar-refractivity contribution >= 4 is 17.9 Å². The average molecular weight is 849 g/mol. The van der Waals surface area contributed by atoms with Gasteiger partial charge in [-0.05, 0) is 25.2 Å². The summed E-state index contributed by atoms with van der Waals surface area (Å²) in [7, 11) is 0. The Hall–Kier alpha value is -1.59.